The molecule has 1 fully saturated rings. The van der Waals surface area contributed by atoms with Gasteiger partial charge in [-0.3, -0.25) is 9.59 Å². The average Bonchev–Trinajstić information content (AvgIpc) is 2.92. The van der Waals surface area contributed by atoms with Gasteiger partial charge in [-0.2, -0.15) is 0 Å². The van der Waals surface area contributed by atoms with Crippen molar-refractivity contribution in [1.82, 2.24) is 14.8 Å². The highest BCUT2D eigenvalue weighted by molar-refractivity contribution is 5.89. The highest BCUT2D eigenvalue weighted by atomic mass is 19.1. The number of aromatic nitrogens is 1. The van der Waals surface area contributed by atoms with Crippen molar-refractivity contribution in [3.63, 3.8) is 0 Å². The molecular formula is C15H16FN3O2. The van der Waals surface area contributed by atoms with Crippen molar-refractivity contribution in [2.75, 3.05) is 26.2 Å². The van der Waals surface area contributed by atoms with Gasteiger partial charge in [0.1, 0.15) is 5.82 Å². The van der Waals surface area contributed by atoms with Crippen LogP contribution in [0.25, 0.3) is 10.9 Å². The SMILES string of the molecule is O=CN1CCN(C(=O)Cc2c[nH]c3c(F)cccc23)CC1. The van der Waals surface area contributed by atoms with E-state index in [2.05, 4.69) is 4.98 Å². The second kappa shape index (κ2) is 5.55. The molecule has 0 atom stereocenters. The third-order valence-electron chi connectivity index (χ3n) is 3.91. The normalized spacial score (nSPS) is 15.5. The van der Waals surface area contributed by atoms with Crippen LogP contribution in [-0.4, -0.2) is 53.3 Å². The van der Waals surface area contributed by atoms with Crippen LogP contribution in [0.2, 0.25) is 0 Å². The lowest BCUT2D eigenvalue weighted by molar-refractivity contribution is -0.134. The lowest BCUT2D eigenvalue weighted by Crippen LogP contribution is -2.48. The number of amides is 2. The van der Waals surface area contributed by atoms with Gasteiger partial charge in [0.15, 0.2) is 0 Å². The topological polar surface area (TPSA) is 56.4 Å². The molecule has 0 radical (unpaired) electrons. The van der Waals surface area contributed by atoms with Gasteiger partial charge >= 0.3 is 0 Å². The molecule has 110 valence electrons. The maximum Gasteiger partial charge on any atom is 0.227 e. The van der Waals surface area contributed by atoms with Crippen molar-refractivity contribution in [2.24, 2.45) is 0 Å². The van der Waals surface area contributed by atoms with Crippen LogP contribution in [0.15, 0.2) is 24.4 Å². The van der Waals surface area contributed by atoms with Crippen LogP contribution in [0.1, 0.15) is 5.56 Å². The van der Waals surface area contributed by atoms with E-state index < -0.39 is 0 Å². The van der Waals surface area contributed by atoms with Gasteiger partial charge in [0, 0.05) is 37.8 Å². The Labute approximate surface area is 121 Å². The van der Waals surface area contributed by atoms with Crippen LogP contribution < -0.4 is 0 Å². The third-order valence-corrected chi connectivity index (χ3v) is 3.91. The van der Waals surface area contributed by atoms with Gasteiger partial charge < -0.3 is 14.8 Å². The van der Waals surface area contributed by atoms with Crippen LogP contribution in [0.5, 0.6) is 0 Å². The summed E-state index contributed by atoms with van der Waals surface area (Å²) < 4.78 is 13.6. The highest BCUT2D eigenvalue weighted by Gasteiger charge is 2.21. The summed E-state index contributed by atoms with van der Waals surface area (Å²) in [5.41, 5.74) is 1.23. The molecule has 0 aliphatic carbocycles. The first-order valence-corrected chi connectivity index (χ1v) is 6.90. The number of piperazine rings is 1. The number of aromatic amines is 1. The van der Waals surface area contributed by atoms with Crippen molar-refractivity contribution in [3.05, 3.63) is 35.8 Å². The molecule has 3 rings (SSSR count). The predicted molar refractivity (Wildman–Crippen MR) is 76.2 cm³/mol. The maximum absolute atomic E-state index is 13.6. The maximum atomic E-state index is 13.6. The van der Waals surface area contributed by atoms with E-state index in [9.17, 15) is 14.0 Å². The number of nitrogens with one attached hydrogen (secondary N) is 1. The van der Waals surface area contributed by atoms with Crippen LogP contribution in [0, 0.1) is 5.82 Å². The van der Waals surface area contributed by atoms with Crippen LogP contribution >= 0.6 is 0 Å². The second-order valence-electron chi connectivity index (χ2n) is 5.18. The Hall–Kier alpha value is -2.37. The number of carbonyl (C=O) groups excluding carboxylic acids is 2. The molecule has 21 heavy (non-hydrogen) atoms. The minimum atomic E-state index is -0.314. The van der Waals surface area contributed by atoms with E-state index in [4.69, 9.17) is 0 Å². The second-order valence-corrected chi connectivity index (χ2v) is 5.18. The van der Waals surface area contributed by atoms with Crippen molar-refractivity contribution >= 4 is 23.2 Å². The molecule has 2 heterocycles. The van der Waals surface area contributed by atoms with E-state index in [1.54, 1.807) is 22.1 Å². The summed E-state index contributed by atoms with van der Waals surface area (Å²) >= 11 is 0. The first kappa shape index (κ1) is 13.6. The van der Waals surface area contributed by atoms with E-state index in [0.717, 1.165) is 17.4 Å². The van der Waals surface area contributed by atoms with Crippen molar-refractivity contribution in [1.29, 1.82) is 0 Å². The molecule has 2 amide bonds. The Balaban J connectivity index is 1.72. The zero-order valence-electron chi connectivity index (χ0n) is 11.5. The number of H-pyrrole nitrogens is 1. The Morgan fingerprint density at radius 1 is 1.29 bits per heavy atom. The fourth-order valence-corrected chi connectivity index (χ4v) is 2.67. The third kappa shape index (κ3) is 2.61. The molecule has 1 aromatic carbocycles. The predicted octanol–water partition coefficient (Wildman–Crippen LogP) is 1.15. The number of carbonyl (C=O) groups is 2. The fourth-order valence-electron chi connectivity index (χ4n) is 2.67. The molecule has 1 aromatic heterocycles. The molecule has 1 saturated heterocycles. The van der Waals surface area contributed by atoms with Crippen molar-refractivity contribution < 1.29 is 14.0 Å². The standard InChI is InChI=1S/C15H16FN3O2/c16-13-3-1-2-12-11(9-17-15(12)13)8-14(21)19-6-4-18(10-20)5-7-19/h1-3,9-10,17H,4-8H2. The molecule has 0 unspecified atom stereocenters. The Morgan fingerprint density at radius 2 is 2.05 bits per heavy atom. The minimum absolute atomic E-state index is 0.00529. The lowest BCUT2D eigenvalue weighted by atomic mass is 10.1. The van der Waals surface area contributed by atoms with E-state index in [1.165, 1.54) is 6.07 Å². The first-order valence-electron chi connectivity index (χ1n) is 6.90. The number of benzene rings is 1. The summed E-state index contributed by atoms with van der Waals surface area (Å²) in [4.78, 5) is 29.2. The highest BCUT2D eigenvalue weighted by Crippen LogP contribution is 2.21. The zero-order valence-corrected chi connectivity index (χ0v) is 11.5. The quantitative estimate of drug-likeness (QED) is 0.862. The van der Waals surface area contributed by atoms with Gasteiger partial charge in [-0.25, -0.2) is 4.39 Å². The van der Waals surface area contributed by atoms with Gasteiger partial charge in [-0.1, -0.05) is 12.1 Å². The number of hydrogen-bond acceptors (Lipinski definition) is 2. The number of rotatable bonds is 3. The lowest BCUT2D eigenvalue weighted by Gasteiger charge is -2.32. The molecule has 1 N–H and O–H groups in total. The molecule has 2 aromatic rings. The molecule has 0 saturated carbocycles. The Kier molecular flexibility index (Phi) is 3.60. The van der Waals surface area contributed by atoms with Crippen molar-refractivity contribution in [2.45, 2.75) is 6.42 Å². The Morgan fingerprint density at radius 3 is 2.76 bits per heavy atom. The summed E-state index contributed by atoms with van der Waals surface area (Å²) in [6.07, 6.45) is 2.74. The van der Waals surface area contributed by atoms with Crippen LogP contribution in [0.4, 0.5) is 4.39 Å². The molecule has 1 aliphatic heterocycles. The molecule has 1 aliphatic rings. The van der Waals surface area contributed by atoms with E-state index >= 15 is 0 Å². The van der Waals surface area contributed by atoms with Gasteiger partial charge in [-0.05, 0) is 11.6 Å². The fraction of sp³-hybridized carbons (Fsp3) is 0.333. The van der Waals surface area contributed by atoms with Crippen LogP contribution in [0.3, 0.4) is 0 Å². The summed E-state index contributed by atoms with van der Waals surface area (Å²) in [5.74, 6) is -0.309. The smallest absolute Gasteiger partial charge is 0.227 e. The van der Waals surface area contributed by atoms with Crippen LogP contribution in [-0.2, 0) is 16.0 Å². The Bertz CT molecular complexity index is 675. The molecule has 0 spiro atoms. The molecule has 6 heteroatoms. The summed E-state index contributed by atoms with van der Waals surface area (Å²) in [6.45, 7) is 2.23. The van der Waals surface area contributed by atoms with Gasteiger partial charge in [-0.15, -0.1) is 0 Å². The van der Waals surface area contributed by atoms with E-state index in [0.29, 0.717) is 31.7 Å². The van der Waals surface area contributed by atoms with E-state index in [1.807, 2.05) is 6.07 Å². The molecule has 0 bridgehead atoms. The summed E-state index contributed by atoms with van der Waals surface area (Å²) in [5, 5.41) is 0.745. The number of halogens is 1. The minimum Gasteiger partial charge on any atom is -0.359 e. The van der Waals surface area contributed by atoms with Gasteiger partial charge in [0.2, 0.25) is 12.3 Å². The number of para-hydroxylation sites is 1. The van der Waals surface area contributed by atoms with E-state index in [-0.39, 0.29) is 18.1 Å². The first-order chi connectivity index (χ1) is 10.2. The molecular weight excluding hydrogens is 273 g/mol. The summed E-state index contributed by atoms with van der Waals surface area (Å²) in [6, 6.07) is 4.84. The number of nitrogens with zero attached hydrogens (tertiary/aromatic N) is 2. The zero-order chi connectivity index (χ0) is 14.8. The van der Waals surface area contributed by atoms with Crippen molar-refractivity contribution in [3.8, 4) is 0 Å². The number of hydrogen-bond donors (Lipinski definition) is 1. The van der Waals surface area contributed by atoms with Gasteiger partial charge in [0.05, 0.1) is 11.9 Å². The largest absolute Gasteiger partial charge is 0.359 e. The average molecular weight is 289 g/mol. The summed E-state index contributed by atoms with van der Waals surface area (Å²) in [7, 11) is 0. The monoisotopic (exact) mass is 289 g/mol. The number of fused-ring (bicyclic) bond motifs is 1. The molecule has 5 nitrogen and oxygen atoms in total. The van der Waals surface area contributed by atoms with Gasteiger partial charge in [0.25, 0.3) is 0 Å².